The number of fused-ring (bicyclic) bond motifs is 1. The molecule has 2 aromatic rings. The summed E-state index contributed by atoms with van der Waals surface area (Å²) < 4.78 is 42.4. The molecule has 10 heteroatoms. The molecule has 2 amide bonds. The maximum Gasteiger partial charge on any atom is 0.249 e. The molecule has 31 heavy (non-hydrogen) atoms. The predicted molar refractivity (Wildman–Crippen MR) is 105 cm³/mol. The number of pyridine rings is 1. The molecule has 0 aromatic carbocycles. The number of hydrogen-bond donors (Lipinski definition) is 1. The zero-order chi connectivity index (χ0) is 21.8. The molecule has 7 nitrogen and oxygen atoms in total. The third-order valence-electron chi connectivity index (χ3n) is 6.84. The van der Waals surface area contributed by atoms with Crippen molar-refractivity contribution in [2.45, 2.75) is 57.0 Å². The molecule has 0 atom stereocenters. The fourth-order valence-electron chi connectivity index (χ4n) is 4.80. The second-order valence-electron chi connectivity index (χ2n) is 9.19. The van der Waals surface area contributed by atoms with Crippen molar-refractivity contribution in [2.75, 3.05) is 18.4 Å². The molecule has 0 radical (unpaired) electrons. The lowest BCUT2D eigenvalue weighted by Crippen LogP contribution is -2.60. The molecule has 2 aromatic heterocycles. The van der Waals surface area contributed by atoms with Gasteiger partial charge in [-0.1, -0.05) is 6.07 Å². The van der Waals surface area contributed by atoms with Gasteiger partial charge in [-0.05, 0) is 50.7 Å². The molecule has 1 aliphatic heterocycles. The van der Waals surface area contributed by atoms with Gasteiger partial charge in [0.1, 0.15) is 0 Å². The fourth-order valence-corrected chi connectivity index (χ4v) is 4.80. The number of rotatable bonds is 5. The molecule has 2 saturated carbocycles. The van der Waals surface area contributed by atoms with E-state index in [1.165, 1.54) is 9.42 Å². The highest BCUT2D eigenvalue weighted by atomic mass is 19.3. The van der Waals surface area contributed by atoms with Crippen LogP contribution in [0.15, 0.2) is 18.2 Å². The van der Waals surface area contributed by atoms with Gasteiger partial charge in [0.25, 0.3) is 0 Å². The number of aromatic nitrogens is 3. The Labute approximate surface area is 177 Å². The van der Waals surface area contributed by atoms with E-state index in [-0.39, 0.29) is 36.0 Å². The summed E-state index contributed by atoms with van der Waals surface area (Å²) in [7, 11) is 0. The standard InChI is InChI=1S/C21H24F3N5O2/c22-15(23)10-17(30)28-11-20(12-28)6-8-21(24,9-7-20)14-2-1-3-16-25-19(27-29(14)16)26-18(31)13-4-5-13/h1-3,13,15H,4-12H2,(H,26,27,31). The zero-order valence-corrected chi connectivity index (χ0v) is 17.0. The van der Waals surface area contributed by atoms with E-state index >= 15 is 4.39 Å². The first-order chi connectivity index (χ1) is 14.8. The Kier molecular flexibility index (Phi) is 4.71. The van der Waals surface area contributed by atoms with Gasteiger partial charge in [0.2, 0.25) is 24.2 Å². The number of anilines is 1. The van der Waals surface area contributed by atoms with Crippen molar-refractivity contribution in [3.05, 3.63) is 23.9 Å². The smallest absolute Gasteiger partial charge is 0.249 e. The number of nitrogens with zero attached hydrogens (tertiary/aromatic N) is 4. The highest BCUT2D eigenvalue weighted by Crippen LogP contribution is 2.51. The van der Waals surface area contributed by atoms with E-state index in [0.29, 0.717) is 37.3 Å². The second-order valence-corrected chi connectivity index (χ2v) is 9.19. The van der Waals surface area contributed by atoms with Gasteiger partial charge < -0.3 is 4.90 Å². The Morgan fingerprint density at radius 1 is 1.16 bits per heavy atom. The van der Waals surface area contributed by atoms with Crippen molar-refractivity contribution in [1.82, 2.24) is 19.5 Å². The Morgan fingerprint density at radius 2 is 1.87 bits per heavy atom. The number of alkyl halides is 3. The fraction of sp³-hybridized carbons (Fsp3) is 0.619. The normalized spacial score (nSPS) is 22.0. The molecule has 1 N–H and O–H groups in total. The zero-order valence-electron chi connectivity index (χ0n) is 17.0. The van der Waals surface area contributed by atoms with Gasteiger partial charge in [-0.3, -0.25) is 14.9 Å². The molecule has 5 rings (SSSR count). The van der Waals surface area contributed by atoms with Crippen LogP contribution < -0.4 is 5.32 Å². The van der Waals surface area contributed by atoms with E-state index in [1.807, 2.05) is 0 Å². The average molecular weight is 435 g/mol. The largest absolute Gasteiger partial charge is 0.341 e. The highest BCUT2D eigenvalue weighted by molar-refractivity contribution is 5.92. The first-order valence-corrected chi connectivity index (χ1v) is 10.7. The van der Waals surface area contributed by atoms with Crippen molar-refractivity contribution < 1.29 is 22.8 Å². The minimum absolute atomic E-state index is 0.0164. The molecule has 1 spiro atoms. The van der Waals surface area contributed by atoms with Gasteiger partial charge >= 0.3 is 0 Å². The molecular weight excluding hydrogens is 411 g/mol. The van der Waals surface area contributed by atoms with Crippen LogP contribution in [0.4, 0.5) is 19.1 Å². The lowest BCUT2D eigenvalue weighted by Gasteiger charge is -2.54. The highest BCUT2D eigenvalue weighted by Gasteiger charge is 2.52. The Hall–Kier alpha value is -2.65. The molecule has 3 aliphatic rings. The minimum atomic E-state index is -2.64. The van der Waals surface area contributed by atoms with Gasteiger partial charge in [-0.15, -0.1) is 5.10 Å². The van der Waals surface area contributed by atoms with E-state index in [9.17, 15) is 18.4 Å². The summed E-state index contributed by atoms with van der Waals surface area (Å²) in [5.74, 6) is -0.455. The van der Waals surface area contributed by atoms with Crippen molar-refractivity contribution >= 4 is 23.4 Å². The van der Waals surface area contributed by atoms with E-state index < -0.39 is 24.4 Å². The van der Waals surface area contributed by atoms with E-state index in [4.69, 9.17) is 0 Å². The van der Waals surface area contributed by atoms with Crippen LogP contribution in [0.25, 0.3) is 5.65 Å². The summed E-state index contributed by atoms with van der Waals surface area (Å²) in [5.41, 5.74) is -0.936. The SMILES string of the molecule is O=C(Nc1nc2cccc(C3(F)CCC4(CC3)CN(C(=O)CC(F)F)C4)n2n1)C1CC1. The van der Waals surface area contributed by atoms with Gasteiger partial charge in [0.05, 0.1) is 12.1 Å². The Bertz CT molecular complexity index is 1020. The van der Waals surface area contributed by atoms with Crippen LogP contribution in [0.3, 0.4) is 0 Å². The van der Waals surface area contributed by atoms with Crippen LogP contribution in [0.1, 0.15) is 50.6 Å². The third kappa shape index (κ3) is 3.76. The van der Waals surface area contributed by atoms with Crippen LogP contribution in [-0.4, -0.2) is 50.8 Å². The van der Waals surface area contributed by atoms with E-state index in [0.717, 1.165) is 12.8 Å². The summed E-state index contributed by atoms with van der Waals surface area (Å²) in [5, 5.41) is 7.03. The van der Waals surface area contributed by atoms with Crippen molar-refractivity contribution in [1.29, 1.82) is 0 Å². The first kappa shape index (κ1) is 20.3. The summed E-state index contributed by atoms with van der Waals surface area (Å²) >= 11 is 0. The molecule has 0 bridgehead atoms. The van der Waals surface area contributed by atoms with Crippen molar-refractivity contribution in [3.63, 3.8) is 0 Å². The summed E-state index contributed by atoms with van der Waals surface area (Å²) in [6.45, 7) is 0.832. The quantitative estimate of drug-likeness (QED) is 0.782. The number of carbonyl (C=O) groups excluding carboxylic acids is 2. The van der Waals surface area contributed by atoms with Gasteiger partial charge in [-0.2, -0.15) is 4.98 Å². The van der Waals surface area contributed by atoms with Crippen LogP contribution in [-0.2, 0) is 15.3 Å². The lowest BCUT2D eigenvalue weighted by atomic mass is 9.64. The minimum Gasteiger partial charge on any atom is -0.341 e. The van der Waals surface area contributed by atoms with Crippen LogP contribution in [0, 0.1) is 11.3 Å². The maximum absolute atomic E-state index is 16.0. The maximum atomic E-state index is 16.0. The molecule has 166 valence electrons. The van der Waals surface area contributed by atoms with Gasteiger partial charge in [0.15, 0.2) is 11.3 Å². The molecule has 2 aliphatic carbocycles. The monoisotopic (exact) mass is 435 g/mol. The summed E-state index contributed by atoms with van der Waals surface area (Å²) in [6.07, 6.45) is -0.0148. The van der Waals surface area contributed by atoms with Crippen molar-refractivity contribution in [3.8, 4) is 0 Å². The van der Waals surface area contributed by atoms with Crippen LogP contribution >= 0.6 is 0 Å². The molecule has 3 heterocycles. The topological polar surface area (TPSA) is 79.6 Å². The molecule has 3 fully saturated rings. The van der Waals surface area contributed by atoms with Crippen LogP contribution in [0.5, 0.6) is 0 Å². The molecule has 0 unspecified atom stereocenters. The summed E-state index contributed by atoms with van der Waals surface area (Å²) in [6, 6.07) is 5.13. The van der Waals surface area contributed by atoms with E-state index in [1.54, 1.807) is 18.2 Å². The second kappa shape index (κ2) is 7.20. The number of carbonyl (C=O) groups is 2. The number of halogens is 3. The van der Waals surface area contributed by atoms with Crippen molar-refractivity contribution in [2.24, 2.45) is 11.3 Å². The number of likely N-dealkylation sites (tertiary alicyclic amines) is 1. The predicted octanol–water partition coefficient (Wildman–Crippen LogP) is 3.30. The average Bonchev–Trinajstić information content (AvgIpc) is 3.46. The van der Waals surface area contributed by atoms with E-state index in [2.05, 4.69) is 15.4 Å². The number of amides is 2. The molecule has 1 saturated heterocycles. The Morgan fingerprint density at radius 3 is 2.52 bits per heavy atom. The van der Waals surface area contributed by atoms with Gasteiger partial charge in [0, 0.05) is 24.4 Å². The third-order valence-corrected chi connectivity index (χ3v) is 6.84. The molecular formula is C21H24F3N5O2. The van der Waals surface area contributed by atoms with Gasteiger partial charge in [-0.25, -0.2) is 17.7 Å². The number of nitrogens with one attached hydrogen (secondary N) is 1. The summed E-state index contributed by atoms with van der Waals surface area (Å²) in [4.78, 5) is 29.6. The van der Waals surface area contributed by atoms with Crippen LogP contribution in [0.2, 0.25) is 0 Å². The lowest BCUT2D eigenvalue weighted by molar-refractivity contribution is -0.151. The number of hydrogen-bond acceptors (Lipinski definition) is 4. The first-order valence-electron chi connectivity index (χ1n) is 10.7. The Balaban J connectivity index is 1.28.